The number of benzene rings is 1. The van der Waals surface area contributed by atoms with Gasteiger partial charge >= 0.3 is 6.09 Å². The molecule has 1 N–H and O–H groups in total. The predicted octanol–water partition coefficient (Wildman–Crippen LogP) is 4.71. The highest BCUT2D eigenvalue weighted by atomic mass is 35.5. The van der Waals surface area contributed by atoms with Gasteiger partial charge in [-0.05, 0) is 53.7 Å². The number of carbonyl (C=O) groups excluding carboxylic acids is 1. The Morgan fingerprint density at radius 2 is 1.88 bits per heavy atom. The standard InChI is InChI=1S/C16H22ClFN2O3S/c1-15(2,3)23-14(21)20-12-8-7-11(17)10(13(12)18)9-19-24(22)16(4,5)6/h7-9H,1-6H3,(H,20,21)/b19-9+/t24-/m0/s1. The van der Waals surface area contributed by atoms with E-state index in [0.717, 1.165) is 6.21 Å². The molecule has 0 aliphatic carbocycles. The van der Waals surface area contributed by atoms with Gasteiger partial charge < -0.3 is 4.74 Å². The van der Waals surface area contributed by atoms with Crippen molar-refractivity contribution in [3.63, 3.8) is 0 Å². The molecule has 0 radical (unpaired) electrons. The first-order chi connectivity index (χ1) is 10.8. The van der Waals surface area contributed by atoms with Crippen LogP contribution in [0.5, 0.6) is 0 Å². The third-order valence-corrected chi connectivity index (χ3v) is 4.24. The minimum atomic E-state index is -1.55. The third-order valence-electron chi connectivity index (χ3n) is 2.56. The van der Waals surface area contributed by atoms with Crippen LogP contribution in [0.15, 0.2) is 16.5 Å². The molecule has 0 unspecified atom stereocenters. The molecule has 0 fully saturated rings. The SMILES string of the molecule is CC(C)(C)OC(=O)Nc1ccc(Cl)c(/C=N/[S@@](=O)C(C)(C)C)c1F. The van der Waals surface area contributed by atoms with Crippen molar-refractivity contribution in [3.8, 4) is 0 Å². The van der Waals surface area contributed by atoms with Gasteiger partial charge in [0.05, 0.1) is 21.0 Å². The zero-order valence-corrected chi connectivity index (χ0v) is 16.1. The van der Waals surface area contributed by atoms with Gasteiger partial charge in [-0.3, -0.25) is 5.32 Å². The minimum absolute atomic E-state index is 0.0529. The third kappa shape index (κ3) is 6.20. The highest BCUT2D eigenvalue weighted by molar-refractivity contribution is 7.85. The molecule has 8 heteroatoms. The maximum Gasteiger partial charge on any atom is 0.412 e. The average Bonchev–Trinajstić information content (AvgIpc) is 2.38. The van der Waals surface area contributed by atoms with Crippen molar-refractivity contribution >= 4 is 40.6 Å². The largest absolute Gasteiger partial charge is 0.444 e. The van der Waals surface area contributed by atoms with E-state index in [1.165, 1.54) is 12.1 Å². The Kier molecular flexibility index (Phi) is 6.52. The quantitative estimate of drug-likeness (QED) is 0.777. The predicted molar refractivity (Wildman–Crippen MR) is 96.8 cm³/mol. The fraction of sp³-hybridized carbons (Fsp3) is 0.500. The van der Waals surface area contributed by atoms with E-state index in [0.29, 0.717) is 0 Å². The van der Waals surface area contributed by atoms with Crippen LogP contribution < -0.4 is 5.32 Å². The minimum Gasteiger partial charge on any atom is -0.444 e. The molecule has 1 amide bonds. The number of rotatable bonds is 3. The van der Waals surface area contributed by atoms with Crippen molar-refractivity contribution in [1.82, 2.24) is 0 Å². The van der Waals surface area contributed by atoms with Crippen molar-refractivity contribution in [2.24, 2.45) is 4.40 Å². The lowest BCUT2D eigenvalue weighted by molar-refractivity contribution is 0.0635. The molecule has 0 bridgehead atoms. The van der Waals surface area contributed by atoms with E-state index in [4.69, 9.17) is 16.3 Å². The summed E-state index contributed by atoms with van der Waals surface area (Å²) in [7, 11) is -1.55. The van der Waals surface area contributed by atoms with E-state index in [2.05, 4.69) is 9.71 Å². The number of carbonyl (C=O) groups is 1. The zero-order chi connectivity index (χ0) is 18.7. The fourth-order valence-corrected chi connectivity index (χ4v) is 2.17. The van der Waals surface area contributed by atoms with Crippen LogP contribution in [0, 0.1) is 5.82 Å². The van der Waals surface area contributed by atoms with Crippen LogP contribution in [0.2, 0.25) is 5.02 Å². The maximum atomic E-state index is 14.5. The normalized spacial score (nSPS) is 13.8. The Morgan fingerprint density at radius 1 is 1.29 bits per heavy atom. The summed E-state index contributed by atoms with van der Waals surface area (Å²) in [6, 6.07) is 2.73. The number of anilines is 1. The molecular weight excluding hydrogens is 355 g/mol. The van der Waals surface area contributed by atoms with Gasteiger partial charge in [-0.2, -0.15) is 4.40 Å². The smallest absolute Gasteiger partial charge is 0.412 e. The molecule has 1 aromatic rings. The van der Waals surface area contributed by atoms with E-state index in [1.807, 2.05) is 0 Å². The second-order valence-electron chi connectivity index (χ2n) is 7.05. The Morgan fingerprint density at radius 3 is 2.38 bits per heavy atom. The number of nitrogens with zero attached hydrogens (tertiary/aromatic N) is 1. The lowest BCUT2D eigenvalue weighted by Crippen LogP contribution is -2.27. The molecule has 0 heterocycles. The second-order valence-corrected chi connectivity index (χ2v) is 9.39. The Labute approximate surface area is 149 Å². The van der Waals surface area contributed by atoms with Crippen LogP contribution in [0.3, 0.4) is 0 Å². The molecule has 0 aliphatic heterocycles. The van der Waals surface area contributed by atoms with Gasteiger partial charge in [-0.15, -0.1) is 0 Å². The molecule has 0 aromatic heterocycles. The molecule has 1 aromatic carbocycles. The van der Waals surface area contributed by atoms with E-state index >= 15 is 0 Å². The fourth-order valence-electron chi connectivity index (χ4n) is 1.46. The topological polar surface area (TPSA) is 67.8 Å². The Hall–Kier alpha value is -1.47. The first-order valence-corrected chi connectivity index (χ1v) is 8.74. The van der Waals surface area contributed by atoms with Crippen LogP contribution in [-0.2, 0) is 15.7 Å². The lowest BCUT2D eigenvalue weighted by atomic mass is 10.2. The molecule has 1 atom stereocenters. The number of halogens is 2. The maximum absolute atomic E-state index is 14.5. The number of hydrogen-bond donors (Lipinski definition) is 1. The van der Waals surface area contributed by atoms with Crippen molar-refractivity contribution in [2.45, 2.75) is 51.9 Å². The van der Waals surface area contributed by atoms with Crippen LogP contribution in [0.25, 0.3) is 0 Å². The average molecular weight is 377 g/mol. The van der Waals surface area contributed by atoms with Gasteiger partial charge in [-0.25, -0.2) is 13.4 Å². The Bertz CT molecular complexity index is 679. The van der Waals surface area contributed by atoms with E-state index in [1.54, 1.807) is 41.5 Å². The summed E-state index contributed by atoms with van der Waals surface area (Å²) in [6.45, 7) is 10.3. The molecule has 5 nitrogen and oxygen atoms in total. The van der Waals surface area contributed by atoms with E-state index < -0.39 is 33.2 Å². The van der Waals surface area contributed by atoms with Gasteiger partial charge in [-0.1, -0.05) is 11.6 Å². The van der Waals surface area contributed by atoms with Crippen molar-refractivity contribution < 1.29 is 18.1 Å². The molecule has 24 heavy (non-hydrogen) atoms. The van der Waals surface area contributed by atoms with Crippen molar-refractivity contribution in [3.05, 3.63) is 28.5 Å². The van der Waals surface area contributed by atoms with Gasteiger partial charge in [0, 0.05) is 6.21 Å². The highest BCUT2D eigenvalue weighted by Crippen LogP contribution is 2.25. The molecule has 1 rings (SSSR count). The summed E-state index contributed by atoms with van der Waals surface area (Å²) in [4.78, 5) is 11.8. The monoisotopic (exact) mass is 376 g/mol. The molecule has 0 aliphatic rings. The van der Waals surface area contributed by atoms with Gasteiger partial charge in [0.1, 0.15) is 16.6 Å². The zero-order valence-electron chi connectivity index (χ0n) is 14.6. The highest BCUT2D eigenvalue weighted by Gasteiger charge is 2.21. The summed E-state index contributed by atoms with van der Waals surface area (Å²) < 4.78 is 34.8. The number of nitrogens with one attached hydrogen (secondary N) is 1. The van der Waals surface area contributed by atoms with E-state index in [9.17, 15) is 13.4 Å². The number of ether oxygens (including phenoxy) is 1. The van der Waals surface area contributed by atoms with Crippen LogP contribution in [-0.4, -0.2) is 26.9 Å². The number of amides is 1. The molecule has 0 saturated carbocycles. The first-order valence-electron chi connectivity index (χ1n) is 7.25. The van der Waals surface area contributed by atoms with Gasteiger partial charge in [0.25, 0.3) is 0 Å². The molecular formula is C16H22ClFN2O3S. The summed E-state index contributed by atoms with van der Waals surface area (Å²) in [5.41, 5.74) is -0.861. The van der Waals surface area contributed by atoms with Crippen molar-refractivity contribution in [1.29, 1.82) is 0 Å². The van der Waals surface area contributed by atoms with Gasteiger partial charge in [0.2, 0.25) is 0 Å². The van der Waals surface area contributed by atoms with Crippen LogP contribution in [0.4, 0.5) is 14.9 Å². The first kappa shape index (κ1) is 20.6. The lowest BCUT2D eigenvalue weighted by Gasteiger charge is -2.20. The van der Waals surface area contributed by atoms with E-state index in [-0.39, 0.29) is 16.3 Å². The summed E-state index contributed by atoms with van der Waals surface area (Å²) >= 11 is 5.97. The van der Waals surface area contributed by atoms with Gasteiger partial charge in [0.15, 0.2) is 5.82 Å². The molecule has 134 valence electrons. The summed E-state index contributed by atoms with van der Waals surface area (Å²) in [5, 5.41) is 2.41. The Balaban J connectivity index is 3.06. The van der Waals surface area contributed by atoms with Crippen LogP contribution in [0.1, 0.15) is 47.1 Å². The van der Waals surface area contributed by atoms with Crippen LogP contribution >= 0.6 is 11.6 Å². The second kappa shape index (κ2) is 7.61. The summed E-state index contributed by atoms with van der Waals surface area (Å²) in [6.07, 6.45) is 0.323. The molecule has 0 saturated heterocycles. The number of hydrogen-bond acceptors (Lipinski definition) is 3. The summed E-state index contributed by atoms with van der Waals surface area (Å²) in [5.74, 6) is -0.775. The van der Waals surface area contributed by atoms with Crippen molar-refractivity contribution in [2.75, 3.05) is 5.32 Å². The molecule has 0 spiro atoms.